The summed E-state index contributed by atoms with van der Waals surface area (Å²) in [6.07, 6.45) is 1.18. The van der Waals surface area contributed by atoms with E-state index in [-0.39, 0.29) is 11.8 Å². The van der Waals surface area contributed by atoms with Crippen molar-refractivity contribution in [2.45, 2.75) is 38.4 Å². The van der Waals surface area contributed by atoms with E-state index in [1.807, 2.05) is 35.1 Å². The molecule has 1 fully saturated rings. The zero-order valence-corrected chi connectivity index (χ0v) is 17.5. The number of rotatable bonds is 4. The molecule has 7 heteroatoms. The second kappa shape index (κ2) is 6.87. The molecular formula is C18H24BBrN2O2Si. The summed E-state index contributed by atoms with van der Waals surface area (Å²) in [7, 11) is -2.05. The Kier molecular flexibility index (Phi) is 5.12. The van der Waals surface area contributed by atoms with Gasteiger partial charge in [0.15, 0.2) is 5.78 Å². The van der Waals surface area contributed by atoms with Gasteiger partial charge in [-0.15, -0.1) is 0 Å². The Morgan fingerprint density at radius 3 is 2.80 bits per heavy atom. The zero-order chi connectivity index (χ0) is 18.4. The van der Waals surface area contributed by atoms with Gasteiger partial charge in [-0.2, -0.15) is 0 Å². The van der Waals surface area contributed by atoms with Crippen molar-refractivity contribution in [3.63, 3.8) is 0 Å². The zero-order valence-electron chi connectivity index (χ0n) is 14.9. The van der Waals surface area contributed by atoms with Gasteiger partial charge in [0.25, 0.3) is 0 Å². The standard InChI is InChI=1S/C18H24BBrN2O2Si/c1-19(24)22-11-25(2,3)10-16(22)17(23)9-13-5-4-12-8-14(20)6-7-15(12)18(13)21/h4-8,16,24H,9-11,21H2,1-3H3/t16-/m0/s1. The third-order valence-corrected chi connectivity index (χ3v) is 8.29. The van der Waals surface area contributed by atoms with Gasteiger partial charge in [-0.25, -0.2) is 0 Å². The number of halogens is 1. The Bertz CT molecular complexity index is 828. The van der Waals surface area contributed by atoms with Crippen LogP contribution in [0.5, 0.6) is 0 Å². The van der Waals surface area contributed by atoms with Crippen LogP contribution in [0.25, 0.3) is 10.8 Å². The van der Waals surface area contributed by atoms with Crippen molar-refractivity contribution >= 4 is 53.3 Å². The van der Waals surface area contributed by atoms with Gasteiger partial charge in [0.1, 0.15) is 0 Å². The van der Waals surface area contributed by atoms with Gasteiger partial charge in [-0.05, 0) is 42.1 Å². The fourth-order valence-electron chi connectivity index (χ4n) is 3.83. The number of carbonyl (C=O) groups is 1. The summed E-state index contributed by atoms with van der Waals surface area (Å²) in [5, 5.41) is 12.1. The van der Waals surface area contributed by atoms with E-state index in [2.05, 4.69) is 29.0 Å². The second-order valence-corrected chi connectivity index (χ2v) is 13.8. The molecule has 0 amide bonds. The van der Waals surface area contributed by atoms with Crippen LogP contribution >= 0.6 is 15.9 Å². The van der Waals surface area contributed by atoms with Crippen molar-refractivity contribution in [1.29, 1.82) is 0 Å². The average molecular weight is 419 g/mol. The van der Waals surface area contributed by atoms with Crippen molar-refractivity contribution in [2.24, 2.45) is 0 Å². The highest BCUT2D eigenvalue weighted by molar-refractivity contribution is 9.10. The molecule has 3 N–H and O–H groups in total. The largest absolute Gasteiger partial charge is 0.437 e. The summed E-state index contributed by atoms with van der Waals surface area (Å²) in [4.78, 5) is 14.9. The van der Waals surface area contributed by atoms with Crippen molar-refractivity contribution in [3.8, 4) is 0 Å². The van der Waals surface area contributed by atoms with Gasteiger partial charge >= 0.3 is 7.05 Å². The monoisotopic (exact) mass is 418 g/mol. The van der Waals surface area contributed by atoms with Gasteiger partial charge < -0.3 is 15.6 Å². The van der Waals surface area contributed by atoms with Crippen LogP contribution in [0, 0.1) is 0 Å². The average Bonchev–Trinajstić information content (AvgIpc) is 2.86. The van der Waals surface area contributed by atoms with Crippen molar-refractivity contribution < 1.29 is 9.82 Å². The van der Waals surface area contributed by atoms with Gasteiger partial charge in [-0.3, -0.25) is 4.79 Å². The number of anilines is 1. The molecule has 1 atom stereocenters. The molecule has 1 aliphatic heterocycles. The molecule has 4 nitrogen and oxygen atoms in total. The molecule has 3 rings (SSSR count). The summed E-state index contributed by atoms with van der Waals surface area (Å²) in [6, 6.07) is 10.6. The fourth-order valence-corrected chi connectivity index (χ4v) is 7.32. The van der Waals surface area contributed by atoms with E-state index < -0.39 is 15.1 Å². The van der Waals surface area contributed by atoms with E-state index >= 15 is 0 Å². The molecule has 0 aromatic heterocycles. The van der Waals surface area contributed by atoms with Crippen LogP contribution in [0.3, 0.4) is 0 Å². The van der Waals surface area contributed by atoms with Crippen LogP contribution < -0.4 is 5.73 Å². The van der Waals surface area contributed by atoms with Crippen LogP contribution in [-0.4, -0.2) is 43.0 Å². The van der Waals surface area contributed by atoms with E-state index in [0.717, 1.165) is 33.0 Å². The van der Waals surface area contributed by atoms with E-state index in [1.54, 1.807) is 6.82 Å². The van der Waals surface area contributed by atoms with Crippen LogP contribution in [-0.2, 0) is 11.2 Å². The minimum Gasteiger partial charge on any atom is -0.437 e. The van der Waals surface area contributed by atoms with Crippen LogP contribution in [0.1, 0.15) is 5.56 Å². The summed E-state index contributed by atoms with van der Waals surface area (Å²) in [5.74, 6) is 0.155. The summed E-state index contributed by atoms with van der Waals surface area (Å²) < 4.78 is 1.01. The highest BCUT2D eigenvalue weighted by Crippen LogP contribution is 2.31. The Hall–Kier alpha value is -1.15. The maximum atomic E-state index is 13.0. The SMILES string of the molecule is CB(O)N1C[Si](C)(C)C[C@H]1C(=O)Cc1ccc2cc(Br)ccc2c1N. The Morgan fingerprint density at radius 1 is 1.40 bits per heavy atom. The third kappa shape index (κ3) is 3.84. The minimum atomic E-state index is -1.46. The molecule has 2 aromatic carbocycles. The van der Waals surface area contributed by atoms with Crippen LogP contribution in [0.15, 0.2) is 34.8 Å². The van der Waals surface area contributed by atoms with Crippen LogP contribution in [0.2, 0.25) is 26.0 Å². The first-order valence-electron chi connectivity index (χ1n) is 8.61. The molecule has 1 aliphatic rings. The number of carbonyl (C=O) groups excluding carboxylic acids is 1. The quantitative estimate of drug-likeness (QED) is 0.590. The summed E-state index contributed by atoms with van der Waals surface area (Å²) >= 11 is 3.47. The van der Waals surface area contributed by atoms with Gasteiger partial charge in [0, 0.05) is 22.0 Å². The molecule has 25 heavy (non-hydrogen) atoms. The number of hydrogen-bond donors (Lipinski definition) is 2. The first-order chi connectivity index (χ1) is 11.7. The molecule has 0 aliphatic carbocycles. The van der Waals surface area contributed by atoms with E-state index in [1.165, 1.54) is 0 Å². The van der Waals surface area contributed by atoms with Crippen molar-refractivity contribution in [2.75, 3.05) is 11.9 Å². The molecule has 1 heterocycles. The maximum Gasteiger partial charge on any atom is 0.376 e. The molecular weight excluding hydrogens is 395 g/mol. The lowest BCUT2D eigenvalue weighted by Gasteiger charge is -2.24. The van der Waals surface area contributed by atoms with E-state index in [4.69, 9.17) is 5.73 Å². The number of benzene rings is 2. The van der Waals surface area contributed by atoms with Crippen molar-refractivity contribution in [1.82, 2.24) is 4.81 Å². The number of fused-ring (bicyclic) bond motifs is 1. The molecule has 0 spiro atoms. The van der Waals surface area contributed by atoms with E-state index in [0.29, 0.717) is 12.1 Å². The lowest BCUT2D eigenvalue weighted by molar-refractivity contribution is -0.121. The predicted molar refractivity (Wildman–Crippen MR) is 111 cm³/mol. The fraction of sp³-hybridized carbons (Fsp3) is 0.389. The second-order valence-electron chi connectivity index (χ2n) is 7.84. The van der Waals surface area contributed by atoms with Gasteiger partial charge in [0.05, 0.1) is 14.1 Å². The third-order valence-electron chi connectivity index (χ3n) is 5.09. The molecule has 1 saturated heterocycles. The lowest BCUT2D eigenvalue weighted by Crippen LogP contribution is -2.46. The normalized spacial score (nSPS) is 20.1. The molecule has 0 saturated carbocycles. The van der Waals surface area contributed by atoms with Gasteiger partial charge in [-0.1, -0.05) is 47.2 Å². The summed E-state index contributed by atoms with van der Waals surface area (Å²) in [6.45, 7) is 6.30. The minimum absolute atomic E-state index is 0.155. The molecule has 132 valence electrons. The number of nitrogens with zero attached hydrogens (tertiary/aromatic N) is 1. The number of hydrogen-bond acceptors (Lipinski definition) is 4. The highest BCUT2D eigenvalue weighted by atomic mass is 79.9. The number of ketones is 1. The lowest BCUT2D eigenvalue weighted by atomic mass is 9.83. The topological polar surface area (TPSA) is 66.6 Å². The predicted octanol–water partition coefficient (Wildman–Crippen LogP) is 3.34. The Morgan fingerprint density at radius 2 is 2.12 bits per heavy atom. The maximum absolute atomic E-state index is 13.0. The smallest absolute Gasteiger partial charge is 0.376 e. The van der Waals surface area contributed by atoms with Gasteiger partial charge in [0.2, 0.25) is 0 Å². The Labute approximate surface area is 158 Å². The van der Waals surface area contributed by atoms with Crippen molar-refractivity contribution in [3.05, 3.63) is 40.4 Å². The molecule has 2 aromatic rings. The highest BCUT2D eigenvalue weighted by Gasteiger charge is 2.44. The molecule has 0 bridgehead atoms. The molecule has 0 radical (unpaired) electrons. The number of nitrogens with two attached hydrogens (primary N) is 1. The van der Waals surface area contributed by atoms with E-state index in [9.17, 15) is 9.82 Å². The first-order valence-corrected chi connectivity index (χ1v) is 12.8. The number of nitrogen functional groups attached to an aromatic ring is 1. The number of Topliss-reactive ketones (excluding diaryl/α,β-unsaturated/α-hetero) is 1. The Balaban J connectivity index is 1.87. The van der Waals surface area contributed by atoms with Crippen LogP contribution in [0.4, 0.5) is 5.69 Å². The summed E-state index contributed by atoms with van der Waals surface area (Å²) in [5.41, 5.74) is 7.89. The molecule has 0 unspecified atom stereocenters. The first kappa shape index (κ1) is 18.6.